The lowest BCUT2D eigenvalue weighted by atomic mass is 10.1. The van der Waals surface area contributed by atoms with E-state index in [9.17, 15) is 13.2 Å². The predicted molar refractivity (Wildman–Crippen MR) is 81.5 cm³/mol. The number of methoxy groups -OCH3 is 1. The summed E-state index contributed by atoms with van der Waals surface area (Å²) in [7, 11) is 3.13. The summed E-state index contributed by atoms with van der Waals surface area (Å²) in [6.45, 7) is 2.34. The first kappa shape index (κ1) is 18.1. The van der Waals surface area contributed by atoms with Crippen molar-refractivity contribution in [3.8, 4) is 5.75 Å². The molecular formula is C15H22F3N3O. The molecule has 4 nitrogen and oxygen atoms in total. The van der Waals surface area contributed by atoms with E-state index in [-0.39, 0.29) is 6.54 Å². The Balaban J connectivity index is 2.43. The first-order chi connectivity index (χ1) is 10.4. The van der Waals surface area contributed by atoms with Crippen LogP contribution in [0.3, 0.4) is 0 Å². The van der Waals surface area contributed by atoms with Gasteiger partial charge in [-0.1, -0.05) is 17.7 Å². The van der Waals surface area contributed by atoms with Gasteiger partial charge in [0.2, 0.25) is 0 Å². The van der Waals surface area contributed by atoms with E-state index in [2.05, 4.69) is 15.6 Å². The molecule has 0 aromatic heterocycles. The van der Waals surface area contributed by atoms with Gasteiger partial charge in [0.05, 0.1) is 13.5 Å². The van der Waals surface area contributed by atoms with E-state index in [0.29, 0.717) is 18.9 Å². The molecule has 1 rings (SSSR count). The molecule has 0 bridgehead atoms. The summed E-state index contributed by atoms with van der Waals surface area (Å²) in [5, 5.41) is 5.63. The van der Waals surface area contributed by atoms with Gasteiger partial charge in [-0.3, -0.25) is 4.99 Å². The van der Waals surface area contributed by atoms with Crippen molar-refractivity contribution in [1.29, 1.82) is 0 Å². The maximum absolute atomic E-state index is 12.1. The monoisotopic (exact) mass is 317 g/mol. The zero-order valence-electron chi connectivity index (χ0n) is 13.0. The molecular weight excluding hydrogens is 295 g/mol. The van der Waals surface area contributed by atoms with Crippen molar-refractivity contribution in [2.24, 2.45) is 4.99 Å². The van der Waals surface area contributed by atoms with Crippen LogP contribution in [-0.2, 0) is 6.42 Å². The summed E-state index contributed by atoms with van der Waals surface area (Å²) in [5.74, 6) is 1.16. The van der Waals surface area contributed by atoms with E-state index in [1.54, 1.807) is 7.11 Å². The molecule has 0 aliphatic heterocycles. The third kappa shape index (κ3) is 6.69. The van der Waals surface area contributed by atoms with Crippen molar-refractivity contribution in [3.05, 3.63) is 29.3 Å². The molecule has 0 aliphatic carbocycles. The Morgan fingerprint density at radius 3 is 2.50 bits per heavy atom. The zero-order valence-corrected chi connectivity index (χ0v) is 13.0. The molecule has 0 unspecified atom stereocenters. The van der Waals surface area contributed by atoms with Crippen LogP contribution >= 0.6 is 0 Å². The number of hydrogen-bond donors (Lipinski definition) is 2. The van der Waals surface area contributed by atoms with E-state index >= 15 is 0 Å². The van der Waals surface area contributed by atoms with E-state index in [1.807, 2.05) is 25.1 Å². The lowest BCUT2D eigenvalue weighted by Crippen LogP contribution is -2.39. The van der Waals surface area contributed by atoms with E-state index in [1.165, 1.54) is 7.05 Å². The van der Waals surface area contributed by atoms with Crippen LogP contribution in [0.1, 0.15) is 17.5 Å². The van der Waals surface area contributed by atoms with Gasteiger partial charge in [0.1, 0.15) is 5.75 Å². The maximum atomic E-state index is 12.1. The largest absolute Gasteiger partial charge is 0.496 e. The molecule has 0 amide bonds. The van der Waals surface area contributed by atoms with Crippen LogP contribution in [0.15, 0.2) is 23.2 Å². The number of nitrogens with one attached hydrogen (secondary N) is 2. The van der Waals surface area contributed by atoms with Gasteiger partial charge in [-0.25, -0.2) is 0 Å². The number of nitrogens with zero attached hydrogens (tertiary/aromatic N) is 1. The average Bonchev–Trinajstić information content (AvgIpc) is 2.44. The fourth-order valence-corrected chi connectivity index (χ4v) is 1.96. The van der Waals surface area contributed by atoms with E-state index in [4.69, 9.17) is 4.74 Å². The minimum atomic E-state index is -4.17. The summed E-state index contributed by atoms with van der Waals surface area (Å²) in [6, 6.07) is 5.90. The topological polar surface area (TPSA) is 45.7 Å². The third-order valence-electron chi connectivity index (χ3n) is 3.05. The summed E-state index contributed by atoms with van der Waals surface area (Å²) < 4.78 is 41.6. The number of ether oxygens (including phenoxy) is 1. The van der Waals surface area contributed by atoms with Crippen LogP contribution in [0.4, 0.5) is 13.2 Å². The molecule has 0 spiro atoms. The van der Waals surface area contributed by atoms with Crippen molar-refractivity contribution >= 4 is 5.96 Å². The first-order valence-electron chi connectivity index (χ1n) is 7.00. The fraction of sp³-hybridized carbons (Fsp3) is 0.533. The van der Waals surface area contributed by atoms with Gasteiger partial charge in [0.25, 0.3) is 0 Å². The highest BCUT2D eigenvalue weighted by atomic mass is 19.4. The standard InChI is InChI=1S/C15H22F3N3O/c1-11-4-5-13(22-3)12(10-11)6-8-20-14(19-2)21-9-7-15(16,17)18/h4-5,10H,6-9H2,1-3H3,(H2,19,20,21). The average molecular weight is 317 g/mol. The molecule has 1 aromatic carbocycles. The number of rotatable bonds is 6. The van der Waals surface area contributed by atoms with Crippen LogP contribution in [0, 0.1) is 6.92 Å². The molecule has 0 aliphatic rings. The van der Waals surface area contributed by atoms with Gasteiger partial charge >= 0.3 is 6.18 Å². The quantitative estimate of drug-likeness (QED) is 0.626. The van der Waals surface area contributed by atoms with Gasteiger partial charge in [0, 0.05) is 20.1 Å². The van der Waals surface area contributed by atoms with Gasteiger partial charge in [0.15, 0.2) is 5.96 Å². The first-order valence-corrected chi connectivity index (χ1v) is 7.00. The molecule has 0 fully saturated rings. The number of halogens is 3. The van der Waals surface area contributed by atoms with Gasteiger partial charge in [-0.05, 0) is 25.0 Å². The van der Waals surface area contributed by atoms with Crippen molar-refractivity contribution in [2.45, 2.75) is 25.9 Å². The number of aryl methyl sites for hydroxylation is 1. The lowest BCUT2D eigenvalue weighted by Gasteiger charge is -2.14. The maximum Gasteiger partial charge on any atom is 0.390 e. The van der Waals surface area contributed by atoms with Gasteiger partial charge in [-0.2, -0.15) is 13.2 Å². The molecule has 0 radical (unpaired) electrons. The molecule has 2 N–H and O–H groups in total. The second kappa shape index (κ2) is 8.51. The van der Waals surface area contributed by atoms with Crippen LogP contribution in [0.5, 0.6) is 5.75 Å². The van der Waals surface area contributed by atoms with Crippen molar-refractivity contribution in [1.82, 2.24) is 10.6 Å². The molecule has 124 valence electrons. The Morgan fingerprint density at radius 1 is 1.23 bits per heavy atom. The minimum absolute atomic E-state index is 0.197. The summed E-state index contributed by atoms with van der Waals surface area (Å²) in [4.78, 5) is 3.89. The van der Waals surface area contributed by atoms with Crippen molar-refractivity contribution < 1.29 is 17.9 Å². The van der Waals surface area contributed by atoms with Gasteiger partial charge in [-0.15, -0.1) is 0 Å². The smallest absolute Gasteiger partial charge is 0.390 e. The third-order valence-corrected chi connectivity index (χ3v) is 3.05. The highest BCUT2D eigenvalue weighted by Gasteiger charge is 2.26. The second-order valence-corrected chi connectivity index (χ2v) is 4.86. The Kier molecular flexibility index (Phi) is 7.01. The molecule has 1 aromatic rings. The SMILES string of the molecule is CN=C(NCCc1cc(C)ccc1OC)NCCC(F)(F)F. The Hall–Kier alpha value is -1.92. The van der Waals surface area contributed by atoms with Crippen LogP contribution in [0.25, 0.3) is 0 Å². The molecule has 0 saturated carbocycles. The summed E-state index contributed by atoms with van der Waals surface area (Å²) in [6.07, 6.45) is -4.37. The van der Waals surface area contributed by atoms with Crippen LogP contribution in [0.2, 0.25) is 0 Å². The van der Waals surface area contributed by atoms with Gasteiger partial charge < -0.3 is 15.4 Å². The van der Waals surface area contributed by atoms with E-state index in [0.717, 1.165) is 16.9 Å². The number of guanidine groups is 1. The van der Waals surface area contributed by atoms with Crippen LogP contribution in [-0.4, -0.2) is 39.4 Å². The van der Waals surface area contributed by atoms with Crippen molar-refractivity contribution in [2.75, 3.05) is 27.2 Å². The van der Waals surface area contributed by atoms with Crippen LogP contribution < -0.4 is 15.4 Å². The molecule has 0 atom stereocenters. The zero-order chi connectivity index (χ0) is 16.6. The number of alkyl halides is 3. The molecule has 0 heterocycles. The lowest BCUT2D eigenvalue weighted by molar-refractivity contribution is -0.132. The molecule has 0 saturated heterocycles. The number of benzene rings is 1. The Labute approximate surface area is 128 Å². The molecule has 7 heteroatoms. The number of aliphatic imine (C=N–C) groups is 1. The predicted octanol–water partition coefficient (Wildman–Crippen LogP) is 2.66. The Bertz CT molecular complexity index is 501. The van der Waals surface area contributed by atoms with Crippen molar-refractivity contribution in [3.63, 3.8) is 0 Å². The highest BCUT2D eigenvalue weighted by molar-refractivity contribution is 5.79. The Morgan fingerprint density at radius 2 is 1.91 bits per heavy atom. The summed E-state index contributed by atoms with van der Waals surface area (Å²) in [5.41, 5.74) is 2.17. The second-order valence-electron chi connectivity index (χ2n) is 4.86. The summed E-state index contributed by atoms with van der Waals surface area (Å²) >= 11 is 0. The van der Waals surface area contributed by atoms with E-state index < -0.39 is 12.6 Å². The highest BCUT2D eigenvalue weighted by Crippen LogP contribution is 2.20. The number of hydrogen-bond acceptors (Lipinski definition) is 2. The fourth-order valence-electron chi connectivity index (χ4n) is 1.96. The molecule has 22 heavy (non-hydrogen) atoms. The normalized spacial score (nSPS) is 12.2. The minimum Gasteiger partial charge on any atom is -0.496 e.